The topological polar surface area (TPSA) is 55.1 Å². The quantitative estimate of drug-likeness (QED) is 0.665. The molecule has 0 aliphatic carbocycles. The van der Waals surface area contributed by atoms with E-state index in [0.29, 0.717) is 0 Å². The van der Waals surface area contributed by atoms with E-state index >= 15 is 0 Å². The monoisotopic (exact) mass is 218 g/mol. The molecule has 0 spiro atoms. The number of primary amides is 1. The van der Waals surface area contributed by atoms with Crippen molar-refractivity contribution in [3.63, 3.8) is 0 Å². The standard InChI is InChI=1S/C6H9F3N2O.ClH/c7-6(8,9)4-2-11-1-3(4)5(10)12;/h3-4,11H,1-2H2,(H2,10,12);1H. The second-order valence-corrected chi connectivity index (χ2v) is 2.82. The zero-order valence-corrected chi connectivity index (χ0v) is 7.41. The van der Waals surface area contributed by atoms with Crippen LogP contribution in [-0.4, -0.2) is 25.2 Å². The molecule has 2 atom stereocenters. The van der Waals surface area contributed by atoms with Gasteiger partial charge in [0.1, 0.15) is 0 Å². The highest BCUT2D eigenvalue weighted by molar-refractivity contribution is 5.85. The molecular formula is C6H10ClF3N2O. The van der Waals surface area contributed by atoms with Gasteiger partial charge in [0.2, 0.25) is 5.91 Å². The molecule has 1 rings (SSSR count). The first-order chi connectivity index (χ1) is 5.43. The van der Waals surface area contributed by atoms with Crippen LogP contribution in [0.4, 0.5) is 13.2 Å². The number of halogens is 4. The Bertz CT molecular complexity index is 197. The van der Waals surface area contributed by atoms with Crippen molar-refractivity contribution in [1.29, 1.82) is 0 Å². The Morgan fingerprint density at radius 2 is 1.92 bits per heavy atom. The second kappa shape index (κ2) is 4.15. The molecule has 2 unspecified atom stereocenters. The van der Waals surface area contributed by atoms with Gasteiger partial charge in [-0.25, -0.2) is 0 Å². The van der Waals surface area contributed by atoms with Crippen molar-refractivity contribution in [1.82, 2.24) is 5.32 Å². The molecule has 1 saturated heterocycles. The molecule has 0 bridgehead atoms. The molecule has 1 amide bonds. The van der Waals surface area contributed by atoms with Gasteiger partial charge in [0.05, 0.1) is 11.8 Å². The van der Waals surface area contributed by atoms with Crippen LogP contribution in [0.25, 0.3) is 0 Å². The van der Waals surface area contributed by atoms with Gasteiger partial charge in [-0.2, -0.15) is 13.2 Å². The van der Waals surface area contributed by atoms with Gasteiger partial charge in [0.25, 0.3) is 0 Å². The smallest absolute Gasteiger partial charge is 0.369 e. The highest BCUT2D eigenvalue weighted by Crippen LogP contribution is 2.33. The van der Waals surface area contributed by atoms with Crippen molar-refractivity contribution in [2.45, 2.75) is 6.18 Å². The van der Waals surface area contributed by atoms with Gasteiger partial charge in [0, 0.05) is 13.1 Å². The lowest BCUT2D eigenvalue weighted by Crippen LogP contribution is -2.37. The van der Waals surface area contributed by atoms with Gasteiger partial charge in [-0.3, -0.25) is 4.79 Å². The van der Waals surface area contributed by atoms with Crippen molar-refractivity contribution >= 4 is 18.3 Å². The maximum Gasteiger partial charge on any atom is 0.393 e. The number of nitrogens with two attached hydrogens (primary N) is 1. The molecule has 0 aromatic rings. The molecule has 0 aromatic heterocycles. The lowest BCUT2D eigenvalue weighted by Gasteiger charge is -2.18. The van der Waals surface area contributed by atoms with Gasteiger partial charge in [-0.05, 0) is 0 Å². The zero-order valence-electron chi connectivity index (χ0n) is 6.60. The summed E-state index contributed by atoms with van der Waals surface area (Å²) in [6.07, 6.45) is -4.33. The summed E-state index contributed by atoms with van der Waals surface area (Å²) in [5.41, 5.74) is 4.81. The average Bonchev–Trinajstić information content (AvgIpc) is 2.30. The second-order valence-electron chi connectivity index (χ2n) is 2.82. The zero-order chi connectivity index (χ0) is 9.35. The molecule has 13 heavy (non-hydrogen) atoms. The minimum Gasteiger partial charge on any atom is -0.369 e. The van der Waals surface area contributed by atoms with Crippen molar-refractivity contribution < 1.29 is 18.0 Å². The molecule has 1 fully saturated rings. The SMILES string of the molecule is Cl.NC(=O)C1CNCC1C(F)(F)F. The van der Waals surface area contributed by atoms with Crippen LogP contribution in [0, 0.1) is 11.8 Å². The van der Waals surface area contributed by atoms with Gasteiger partial charge >= 0.3 is 6.18 Å². The normalized spacial score (nSPS) is 28.2. The summed E-state index contributed by atoms with van der Waals surface area (Å²) in [5, 5.41) is 2.49. The van der Waals surface area contributed by atoms with E-state index in [1.807, 2.05) is 0 Å². The highest BCUT2D eigenvalue weighted by Gasteiger charge is 2.49. The molecule has 3 nitrogen and oxygen atoms in total. The molecule has 1 heterocycles. The summed E-state index contributed by atoms with van der Waals surface area (Å²) < 4.78 is 36.4. The lowest BCUT2D eigenvalue weighted by molar-refractivity contribution is -0.181. The Balaban J connectivity index is 0.00000144. The summed E-state index contributed by atoms with van der Waals surface area (Å²) in [7, 11) is 0. The summed E-state index contributed by atoms with van der Waals surface area (Å²) in [6.45, 7) is -0.184. The van der Waals surface area contributed by atoms with Crippen LogP contribution >= 0.6 is 12.4 Å². The molecule has 3 N–H and O–H groups in total. The first kappa shape index (κ1) is 12.5. The lowest BCUT2D eigenvalue weighted by atomic mass is 9.95. The Hall–Kier alpha value is -0.490. The van der Waals surface area contributed by atoms with E-state index < -0.39 is 23.9 Å². The van der Waals surface area contributed by atoms with Gasteiger partial charge in [-0.1, -0.05) is 0 Å². The predicted molar refractivity (Wildman–Crippen MR) is 42.3 cm³/mol. The van der Waals surface area contributed by atoms with Crippen LogP contribution in [0.3, 0.4) is 0 Å². The Labute approximate surface area is 79.3 Å². The maximum absolute atomic E-state index is 12.1. The minimum atomic E-state index is -4.33. The van der Waals surface area contributed by atoms with E-state index in [4.69, 9.17) is 5.73 Å². The largest absolute Gasteiger partial charge is 0.393 e. The van der Waals surface area contributed by atoms with Crippen molar-refractivity contribution in [3.05, 3.63) is 0 Å². The van der Waals surface area contributed by atoms with E-state index in [1.54, 1.807) is 0 Å². The average molecular weight is 219 g/mol. The fourth-order valence-corrected chi connectivity index (χ4v) is 1.32. The number of amides is 1. The number of nitrogens with one attached hydrogen (secondary N) is 1. The molecule has 0 aromatic carbocycles. The van der Waals surface area contributed by atoms with Crippen LogP contribution in [-0.2, 0) is 4.79 Å². The van der Waals surface area contributed by atoms with Gasteiger partial charge in [0.15, 0.2) is 0 Å². The highest BCUT2D eigenvalue weighted by atomic mass is 35.5. The first-order valence-corrected chi connectivity index (χ1v) is 3.49. The number of hydrogen-bond acceptors (Lipinski definition) is 2. The first-order valence-electron chi connectivity index (χ1n) is 3.49. The van der Waals surface area contributed by atoms with E-state index in [9.17, 15) is 18.0 Å². The fourth-order valence-electron chi connectivity index (χ4n) is 1.32. The van der Waals surface area contributed by atoms with Crippen molar-refractivity contribution in [2.75, 3.05) is 13.1 Å². The maximum atomic E-state index is 12.1. The van der Waals surface area contributed by atoms with Crippen LogP contribution in [0.5, 0.6) is 0 Å². The van der Waals surface area contributed by atoms with E-state index in [0.717, 1.165) is 0 Å². The Morgan fingerprint density at radius 1 is 1.38 bits per heavy atom. The molecular weight excluding hydrogens is 209 g/mol. The summed E-state index contributed by atoms with van der Waals surface area (Å²) in [5.74, 6) is -3.61. The molecule has 1 aliphatic heterocycles. The molecule has 78 valence electrons. The third kappa shape index (κ3) is 2.73. The summed E-state index contributed by atoms with van der Waals surface area (Å²) in [4.78, 5) is 10.5. The summed E-state index contributed by atoms with van der Waals surface area (Å²) >= 11 is 0. The fraction of sp³-hybridized carbons (Fsp3) is 0.833. The number of alkyl halides is 3. The predicted octanol–water partition coefficient (Wildman–Crippen LogP) is 0.291. The molecule has 0 radical (unpaired) electrons. The molecule has 0 saturated carbocycles. The minimum absolute atomic E-state index is 0. The van der Waals surface area contributed by atoms with Crippen LogP contribution in [0.15, 0.2) is 0 Å². The third-order valence-electron chi connectivity index (χ3n) is 2.00. The van der Waals surface area contributed by atoms with E-state index in [2.05, 4.69) is 5.32 Å². The van der Waals surface area contributed by atoms with Crippen molar-refractivity contribution in [2.24, 2.45) is 17.6 Å². The van der Waals surface area contributed by atoms with Crippen LogP contribution in [0.2, 0.25) is 0 Å². The van der Waals surface area contributed by atoms with E-state index in [1.165, 1.54) is 0 Å². The third-order valence-corrected chi connectivity index (χ3v) is 2.00. The van der Waals surface area contributed by atoms with Gasteiger partial charge in [-0.15, -0.1) is 12.4 Å². The Morgan fingerprint density at radius 3 is 2.23 bits per heavy atom. The molecule has 1 aliphatic rings. The van der Waals surface area contributed by atoms with Crippen LogP contribution < -0.4 is 11.1 Å². The van der Waals surface area contributed by atoms with Crippen molar-refractivity contribution in [3.8, 4) is 0 Å². The number of hydrogen-bond donors (Lipinski definition) is 2. The van der Waals surface area contributed by atoms with Gasteiger partial charge < -0.3 is 11.1 Å². The number of carbonyl (C=O) groups is 1. The van der Waals surface area contributed by atoms with Crippen LogP contribution in [0.1, 0.15) is 0 Å². The number of carbonyl (C=O) groups excluding carboxylic acids is 1. The summed E-state index contributed by atoms with van der Waals surface area (Å²) in [6, 6.07) is 0. The number of rotatable bonds is 1. The van der Waals surface area contributed by atoms with E-state index in [-0.39, 0.29) is 25.5 Å². The Kier molecular flexibility index (Phi) is 3.99. The molecule has 7 heteroatoms.